The summed E-state index contributed by atoms with van der Waals surface area (Å²) in [5, 5.41) is 21.0. The standard InChI is InChI=1S/C17H22N6O/c24-17(5-6-17)12-4-8-23(10-12)16-18-7-3-14(20-16)19-15-9-13(21-22-15)11-1-2-11/h3,7,9,11-12,24H,1-2,4-6,8,10H2,(H2,18,19,20,21,22). The summed E-state index contributed by atoms with van der Waals surface area (Å²) in [6.45, 7) is 1.75. The van der Waals surface area contributed by atoms with E-state index in [1.807, 2.05) is 6.07 Å². The highest BCUT2D eigenvalue weighted by Gasteiger charge is 2.50. The molecule has 7 nitrogen and oxygen atoms in total. The minimum absolute atomic E-state index is 0.352. The van der Waals surface area contributed by atoms with Crippen molar-refractivity contribution in [2.75, 3.05) is 23.3 Å². The predicted octanol–water partition coefficient (Wildman–Crippen LogP) is 2.17. The number of hydrogen-bond donors (Lipinski definition) is 3. The molecule has 24 heavy (non-hydrogen) atoms. The van der Waals surface area contributed by atoms with Gasteiger partial charge in [-0.3, -0.25) is 5.10 Å². The van der Waals surface area contributed by atoms with E-state index in [4.69, 9.17) is 0 Å². The number of aromatic nitrogens is 4. The zero-order valence-corrected chi connectivity index (χ0v) is 13.6. The van der Waals surface area contributed by atoms with Gasteiger partial charge in [0.2, 0.25) is 5.95 Å². The van der Waals surface area contributed by atoms with Gasteiger partial charge in [0.1, 0.15) is 5.82 Å². The molecule has 0 aromatic carbocycles. The fourth-order valence-corrected chi connectivity index (χ4v) is 3.62. The topological polar surface area (TPSA) is 90.0 Å². The highest BCUT2D eigenvalue weighted by molar-refractivity contribution is 5.53. The SMILES string of the molecule is OC1(C2CCN(c3nccc(Nc4cc(C5CC5)[nH]n4)n3)C2)CC1. The van der Waals surface area contributed by atoms with Gasteiger partial charge in [-0.2, -0.15) is 10.1 Å². The number of aliphatic hydroxyl groups is 1. The first kappa shape index (κ1) is 14.2. The van der Waals surface area contributed by atoms with Crippen molar-refractivity contribution < 1.29 is 5.11 Å². The highest BCUT2D eigenvalue weighted by atomic mass is 16.3. The van der Waals surface area contributed by atoms with Gasteiger partial charge in [0.25, 0.3) is 0 Å². The molecule has 0 amide bonds. The normalized spacial score (nSPS) is 25.0. The van der Waals surface area contributed by atoms with Crippen LogP contribution in [0.5, 0.6) is 0 Å². The van der Waals surface area contributed by atoms with Crippen LogP contribution in [0.2, 0.25) is 0 Å². The molecule has 2 saturated carbocycles. The summed E-state index contributed by atoms with van der Waals surface area (Å²) in [6.07, 6.45) is 7.18. The average Bonchev–Trinajstić information content (AvgIpc) is 3.47. The van der Waals surface area contributed by atoms with Crippen molar-refractivity contribution >= 4 is 17.6 Å². The summed E-state index contributed by atoms with van der Waals surface area (Å²) in [5.74, 6) is 3.29. The molecule has 3 aliphatic rings. The van der Waals surface area contributed by atoms with Crippen molar-refractivity contribution in [1.82, 2.24) is 20.2 Å². The number of hydrogen-bond acceptors (Lipinski definition) is 6. The van der Waals surface area contributed by atoms with Crippen molar-refractivity contribution in [3.05, 3.63) is 24.0 Å². The molecule has 2 aromatic heterocycles. The largest absolute Gasteiger partial charge is 0.390 e. The first-order valence-corrected chi connectivity index (χ1v) is 8.82. The minimum atomic E-state index is -0.418. The predicted molar refractivity (Wildman–Crippen MR) is 90.4 cm³/mol. The molecule has 5 rings (SSSR count). The van der Waals surface area contributed by atoms with Gasteiger partial charge in [-0.15, -0.1) is 0 Å². The van der Waals surface area contributed by atoms with Crippen LogP contribution in [-0.4, -0.2) is 44.0 Å². The number of nitrogens with zero attached hydrogens (tertiary/aromatic N) is 4. The first-order valence-electron chi connectivity index (χ1n) is 8.82. The Hall–Kier alpha value is -2.15. The molecule has 1 saturated heterocycles. The van der Waals surface area contributed by atoms with Crippen LogP contribution in [-0.2, 0) is 0 Å². The Balaban J connectivity index is 1.29. The van der Waals surface area contributed by atoms with E-state index in [9.17, 15) is 5.11 Å². The first-order chi connectivity index (χ1) is 11.7. The zero-order chi connectivity index (χ0) is 16.1. The summed E-state index contributed by atoms with van der Waals surface area (Å²) >= 11 is 0. The van der Waals surface area contributed by atoms with Gasteiger partial charge in [0, 0.05) is 42.9 Å². The molecule has 2 aliphatic carbocycles. The monoisotopic (exact) mass is 326 g/mol. The van der Waals surface area contributed by atoms with Crippen LogP contribution in [0.25, 0.3) is 0 Å². The summed E-state index contributed by atoms with van der Waals surface area (Å²) < 4.78 is 0. The number of H-pyrrole nitrogens is 1. The van der Waals surface area contributed by atoms with Crippen molar-refractivity contribution in [1.29, 1.82) is 0 Å². The molecule has 1 unspecified atom stereocenters. The van der Waals surface area contributed by atoms with Gasteiger partial charge in [0.15, 0.2) is 5.82 Å². The fourth-order valence-electron chi connectivity index (χ4n) is 3.62. The average molecular weight is 326 g/mol. The Morgan fingerprint density at radius 1 is 1.25 bits per heavy atom. The number of anilines is 3. The molecule has 126 valence electrons. The van der Waals surface area contributed by atoms with Crippen LogP contribution in [0, 0.1) is 5.92 Å². The summed E-state index contributed by atoms with van der Waals surface area (Å²) in [5.41, 5.74) is 0.783. The lowest BCUT2D eigenvalue weighted by Crippen LogP contribution is -2.27. The Kier molecular flexibility index (Phi) is 3.06. The minimum Gasteiger partial charge on any atom is -0.390 e. The third kappa shape index (κ3) is 2.62. The van der Waals surface area contributed by atoms with Gasteiger partial charge >= 0.3 is 0 Å². The molecule has 7 heteroatoms. The molecule has 3 N–H and O–H groups in total. The maximum atomic E-state index is 10.3. The zero-order valence-electron chi connectivity index (χ0n) is 13.6. The highest BCUT2D eigenvalue weighted by Crippen LogP contribution is 2.46. The molecule has 3 heterocycles. The van der Waals surface area contributed by atoms with E-state index in [0.29, 0.717) is 11.8 Å². The van der Waals surface area contributed by atoms with Crippen LogP contribution in [0.1, 0.15) is 43.7 Å². The smallest absolute Gasteiger partial charge is 0.227 e. The van der Waals surface area contributed by atoms with Crippen molar-refractivity contribution in [3.8, 4) is 0 Å². The second-order valence-electron chi connectivity index (χ2n) is 7.38. The summed E-state index contributed by atoms with van der Waals surface area (Å²) in [6, 6.07) is 3.92. The lowest BCUT2D eigenvalue weighted by Gasteiger charge is -2.19. The van der Waals surface area contributed by atoms with Gasteiger partial charge in [-0.05, 0) is 38.2 Å². The quantitative estimate of drug-likeness (QED) is 0.780. The molecule has 0 radical (unpaired) electrons. The van der Waals surface area contributed by atoms with Gasteiger partial charge in [0.05, 0.1) is 5.60 Å². The van der Waals surface area contributed by atoms with Crippen LogP contribution < -0.4 is 10.2 Å². The third-order valence-corrected chi connectivity index (χ3v) is 5.51. The molecule has 0 spiro atoms. The number of aromatic amines is 1. The molecular formula is C17H22N6O. The second-order valence-corrected chi connectivity index (χ2v) is 7.38. The van der Waals surface area contributed by atoms with E-state index in [1.165, 1.54) is 18.5 Å². The van der Waals surface area contributed by atoms with E-state index in [2.05, 4.69) is 36.4 Å². The molecule has 0 bridgehead atoms. The maximum Gasteiger partial charge on any atom is 0.227 e. The molecule has 1 aliphatic heterocycles. The Morgan fingerprint density at radius 2 is 2.12 bits per heavy atom. The molecular weight excluding hydrogens is 304 g/mol. The lowest BCUT2D eigenvalue weighted by molar-refractivity contribution is 0.0922. The fraction of sp³-hybridized carbons (Fsp3) is 0.588. The Morgan fingerprint density at radius 3 is 2.92 bits per heavy atom. The van der Waals surface area contributed by atoms with E-state index >= 15 is 0 Å². The van der Waals surface area contributed by atoms with Crippen LogP contribution in [0.3, 0.4) is 0 Å². The van der Waals surface area contributed by atoms with E-state index in [0.717, 1.165) is 49.9 Å². The molecule has 3 fully saturated rings. The van der Waals surface area contributed by atoms with Crippen molar-refractivity contribution in [2.45, 2.75) is 43.6 Å². The number of nitrogens with one attached hydrogen (secondary N) is 2. The summed E-state index contributed by atoms with van der Waals surface area (Å²) in [7, 11) is 0. The van der Waals surface area contributed by atoms with E-state index < -0.39 is 5.60 Å². The Bertz CT molecular complexity index is 751. The van der Waals surface area contributed by atoms with Gasteiger partial charge in [-0.25, -0.2) is 4.98 Å². The van der Waals surface area contributed by atoms with Gasteiger partial charge < -0.3 is 15.3 Å². The molecule has 2 aromatic rings. The number of rotatable bonds is 5. The van der Waals surface area contributed by atoms with E-state index in [-0.39, 0.29) is 0 Å². The third-order valence-electron chi connectivity index (χ3n) is 5.51. The van der Waals surface area contributed by atoms with Crippen LogP contribution >= 0.6 is 0 Å². The van der Waals surface area contributed by atoms with E-state index in [1.54, 1.807) is 6.20 Å². The Labute approximate surface area is 140 Å². The maximum absolute atomic E-state index is 10.3. The van der Waals surface area contributed by atoms with Gasteiger partial charge in [-0.1, -0.05) is 0 Å². The lowest BCUT2D eigenvalue weighted by atomic mass is 10.00. The van der Waals surface area contributed by atoms with Crippen LogP contribution in [0.15, 0.2) is 18.3 Å². The summed E-state index contributed by atoms with van der Waals surface area (Å²) in [4.78, 5) is 11.2. The van der Waals surface area contributed by atoms with Crippen LogP contribution in [0.4, 0.5) is 17.6 Å². The van der Waals surface area contributed by atoms with Crippen molar-refractivity contribution in [2.24, 2.45) is 5.92 Å². The van der Waals surface area contributed by atoms with Crippen molar-refractivity contribution in [3.63, 3.8) is 0 Å². The molecule has 1 atom stereocenters. The second kappa shape index (κ2) is 5.17.